The SMILES string of the molecule is COC(=O)c1cccc(N(CCC(=O)NCc2ccncc2)C(C)=O)c1. The zero-order valence-electron chi connectivity index (χ0n) is 14.8. The van der Waals surface area contributed by atoms with E-state index in [0.29, 0.717) is 17.8 Å². The molecule has 0 radical (unpaired) electrons. The zero-order valence-corrected chi connectivity index (χ0v) is 14.8. The maximum Gasteiger partial charge on any atom is 0.337 e. The Balaban J connectivity index is 1.97. The Bertz CT molecular complexity index is 777. The molecule has 0 atom stereocenters. The highest BCUT2D eigenvalue weighted by Crippen LogP contribution is 2.17. The molecule has 1 aromatic carbocycles. The monoisotopic (exact) mass is 355 g/mol. The average molecular weight is 355 g/mol. The van der Waals surface area contributed by atoms with Gasteiger partial charge in [-0.15, -0.1) is 0 Å². The molecular weight excluding hydrogens is 334 g/mol. The summed E-state index contributed by atoms with van der Waals surface area (Å²) in [7, 11) is 1.30. The molecule has 2 rings (SSSR count). The summed E-state index contributed by atoms with van der Waals surface area (Å²) in [5, 5.41) is 2.80. The second-order valence-electron chi connectivity index (χ2n) is 5.59. The predicted octanol–water partition coefficient (Wildman–Crippen LogP) is 1.93. The number of benzene rings is 1. The number of carbonyl (C=O) groups excluding carboxylic acids is 3. The molecule has 0 saturated carbocycles. The van der Waals surface area contributed by atoms with E-state index in [2.05, 4.69) is 10.3 Å². The molecule has 26 heavy (non-hydrogen) atoms. The maximum absolute atomic E-state index is 12.1. The lowest BCUT2D eigenvalue weighted by atomic mass is 10.1. The molecular formula is C19H21N3O4. The van der Waals surface area contributed by atoms with Crippen LogP contribution in [0.2, 0.25) is 0 Å². The van der Waals surface area contributed by atoms with Crippen molar-refractivity contribution in [3.05, 3.63) is 59.9 Å². The van der Waals surface area contributed by atoms with Crippen LogP contribution in [0.1, 0.15) is 29.3 Å². The Kier molecular flexibility index (Phi) is 6.84. The Morgan fingerprint density at radius 2 is 1.88 bits per heavy atom. The first kappa shape index (κ1) is 19.1. The minimum atomic E-state index is -0.481. The van der Waals surface area contributed by atoms with Gasteiger partial charge in [0.25, 0.3) is 0 Å². The number of nitrogens with zero attached hydrogens (tertiary/aromatic N) is 2. The fourth-order valence-corrected chi connectivity index (χ4v) is 2.39. The standard InChI is InChI=1S/C19H21N3O4/c1-14(23)22(17-5-3-4-16(12-17)19(25)26-2)11-8-18(24)21-13-15-6-9-20-10-7-15/h3-7,9-10,12H,8,11,13H2,1-2H3,(H,21,24). The van der Waals surface area contributed by atoms with E-state index in [0.717, 1.165) is 5.56 Å². The number of pyridine rings is 1. The van der Waals surface area contributed by atoms with Crippen LogP contribution < -0.4 is 10.2 Å². The van der Waals surface area contributed by atoms with Gasteiger partial charge in [-0.25, -0.2) is 4.79 Å². The van der Waals surface area contributed by atoms with Gasteiger partial charge < -0.3 is 15.0 Å². The molecule has 0 spiro atoms. The van der Waals surface area contributed by atoms with Gasteiger partial charge >= 0.3 is 5.97 Å². The number of methoxy groups -OCH3 is 1. The smallest absolute Gasteiger partial charge is 0.337 e. The number of hydrogen-bond acceptors (Lipinski definition) is 5. The third kappa shape index (κ3) is 5.41. The van der Waals surface area contributed by atoms with Crippen LogP contribution in [-0.2, 0) is 20.9 Å². The van der Waals surface area contributed by atoms with Crippen LogP contribution in [0, 0.1) is 0 Å². The summed E-state index contributed by atoms with van der Waals surface area (Å²) in [6.45, 7) is 2.03. The summed E-state index contributed by atoms with van der Waals surface area (Å²) in [6.07, 6.45) is 3.47. The quantitative estimate of drug-likeness (QED) is 0.767. The molecule has 0 fully saturated rings. The number of anilines is 1. The van der Waals surface area contributed by atoms with Crippen molar-refractivity contribution in [2.24, 2.45) is 0 Å². The van der Waals surface area contributed by atoms with Crippen molar-refractivity contribution < 1.29 is 19.1 Å². The predicted molar refractivity (Wildman–Crippen MR) is 96.5 cm³/mol. The van der Waals surface area contributed by atoms with Gasteiger partial charge in [0.2, 0.25) is 11.8 Å². The number of carbonyl (C=O) groups is 3. The summed E-state index contributed by atoms with van der Waals surface area (Å²) < 4.78 is 4.69. The van der Waals surface area contributed by atoms with Crippen molar-refractivity contribution in [1.29, 1.82) is 0 Å². The van der Waals surface area contributed by atoms with Crippen molar-refractivity contribution >= 4 is 23.5 Å². The summed E-state index contributed by atoms with van der Waals surface area (Å²) in [6, 6.07) is 10.2. The Labute approximate surface area is 152 Å². The number of ether oxygens (including phenoxy) is 1. The van der Waals surface area contributed by atoms with Crippen LogP contribution >= 0.6 is 0 Å². The lowest BCUT2D eigenvalue weighted by Gasteiger charge is -2.21. The normalized spacial score (nSPS) is 10.1. The third-order valence-electron chi connectivity index (χ3n) is 3.76. The van der Waals surface area contributed by atoms with E-state index in [9.17, 15) is 14.4 Å². The largest absolute Gasteiger partial charge is 0.465 e. The molecule has 0 aliphatic carbocycles. The lowest BCUT2D eigenvalue weighted by molar-refractivity contribution is -0.121. The number of hydrogen-bond donors (Lipinski definition) is 1. The van der Waals surface area contributed by atoms with E-state index in [1.165, 1.54) is 18.9 Å². The second-order valence-corrected chi connectivity index (χ2v) is 5.59. The highest BCUT2D eigenvalue weighted by Gasteiger charge is 2.15. The summed E-state index contributed by atoms with van der Waals surface area (Å²) in [5.41, 5.74) is 1.84. The number of nitrogens with one attached hydrogen (secondary N) is 1. The average Bonchev–Trinajstić information content (AvgIpc) is 2.66. The number of aromatic nitrogens is 1. The van der Waals surface area contributed by atoms with E-state index in [4.69, 9.17) is 4.74 Å². The molecule has 1 heterocycles. The van der Waals surface area contributed by atoms with Gasteiger partial charge in [0.1, 0.15) is 0 Å². The first-order valence-electron chi connectivity index (χ1n) is 8.13. The van der Waals surface area contributed by atoms with Gasteiger partial charge in [0.15, 0.2) is 0 Å². The fraction of sp³-hybridized carbons (Fsp3) is 0.263. The summed E-state index contributed by atoms with van der Waals surface area (Å²) >= 11 is 0. The topological polar surface area (TPSA) is 88.6 Å². The minimum Gasteiger partial charge on any atom is -0.465 e. The molecule has 2 amide bonds. The molecule has 7 nitrogen and oxygen atoms in total. The second kappa shape index (κ2) is 9.31. The van der Waals surface area contributed by atoms with Gasteiger partial charge in [-0.1, -0.05) is 6.07 Å². The van der Waals surface area contributed by atoms with E-state index in [1.807, 2.05) is 12.1 Å². The molecule has 136 valence electrons. The Morgan fingerprint density at radius 1 is 1.15 bits per heavy atom. The van der Waals surface area contributed by atoms with Gasteiger partial charge in [0, 0.05) is 44.5 Å². The van der Waals surface area contributed by atoms with Crippen molar-refractivity contribution in [1.82, 2.24) is 10.3 Å². The molecule has 0 saturated heterocycles. The number of esters is 1. The van der Waals surface area contributed by atoms with Crippen molar-refractivity contribution in [2.45, 2.75) is 19.9 Å². The maximum atomic E-state index is 12.1. The Hall–Kier alpha value is -3.22. The molecule has 0 aliphatic rings. The van der Waals surface area contributed by atoms with Gasteiger partial charge in [-0.3, -0.25) is 14.6 Å². The highest BCUT2D eigenvalue weighted by molar-refractivity contribution is 5.95. The van der Waals surface area contributed by atoms with Gasteiger partial charge in [0.05, 0.1) is 12.7 Å². The minimum absolute atomic E-state index is 0.146. The van der Waals surface area contributed by atoms with E-state index >= 15 is 0 Å². The van der Waals surface area contributed by atoms with Gasteiger partial charge in [-0.05, 0) is 35.9 Å². The molecule has 1 N–H and O–H groups in total. The van der Waals surface area contributed by atoms with Crippen LogP contribution in [0.25, 0.3) is 0 Å². The van der Waals surface area contributed by atoms with E-state index in [-0.39, 0.29) is 24.8 Å². The lowest BCUT2D eigenvalue weighted by Crippen LogP contribution is -2.33. The molecule has 0 aliphatic heterocycles. The zero-order chi connectivity index (χ0) is 18.9. The summed E-state index contributed by atoms with van der Waals surface area (Å²) in [5.74, 6) is -0.864. The molecule has 1 aromatic heterocycles. The van der Waals surface area contributed by atoms with Gasteiger partial charge in [-0.2, -0.15) is 0 Å². The third-order valence-corrected chi connectivity index (χ3v) is 3.76. The van der Waals surface area contributed by atoms with Crippen LogP contribution in [0.4, 0.5) is 5.69 Å². The summed E-state index contributed by atoms with van der Waals surface area (Å²) in [4.78, 5) is 41.0. The fourth-order valence-electron chi connectivity index (χ4n) is 2.39. The molecule has 2 aromatic rings. The first-order chi connectivity index (χ1) is 12.5. The van der Waals surface area contributed by atoms with E-state index < -0.39 is 5.97 Å². The molecule has 7 heteroatoms. The van der Waals surface area contributed by atoms with E-state index in [1.54, 1.807) is 36.7 Å². The van der Waals surface area contributed by atoms with Crippen molar-refractivity contribution in [2.75, 3.05) is 18.6 Å². The van der Waals surface area contributed by atoms with Crippen molar-refractivity contribution in [3.8, 4) is 0 Å². The van der Waals surface area contributed by atoms with Crippen LogP contribution in [-0.4, -0.2) is 36.4 Å². The van der Waals surface area contributed by atoms with Crippen LogP contribution in [0.5, 0.6) is 0 Å². The number of rotatable bonds is 7. The van der Waals surface area contributed by atoms with Crippen LogP contribution in [0.3, 0.4) is 0 Å². The molecule has 0 unspecified atom stereocenters. The van der Waals surface area contributed by atoms with Crippen molar-refractivity contribution in [3.63, 3.8) is 0 Å². The van der Waals surface area contributed by atoms with Crippen LogP contribution in [0.15, 0.2) is 48.8 Å². The molecule has 0 bridgehead atoms. The highest BCUT2D eigenvalue weighted by atomic mass is 16.5. The Morgan fingerprint density at radius 3 is 2.54 bits per heavy atom. The number of amides is 2. The first-order valence-corrected chi connectivity index (χ1v) is 8.13.